The first-order valence-electron chi connectivity index (χ1n) is 5.25. The number of hydrogen-bond acceptors (Lipinski definition) is 2. The van der Waals surface area contributed by atoms with E-state index in [9.17, 15) is 4.79 Å². The Hall–Kier alpha value is -1.35. The summed E-state index contributed by atoms with van der Waals surface area (Å²) in [6, 6.07) is 8.39. The molecule has 1 aromatic carbocycles. The van der Waals surface area contributed by atoms with Crippen molar-refractivity contribution in [1.29, 1.82) is 0 Å². The van der Waals surface area contributed by atoms with Gasteiger partial charge in [0.2, 0.25) is 5.91 Å². The molecule has 3 N–H and O–H groups in total. The van der Waals surface area contributed by atoms with Crippen LogP contribution in [0.15, 0.2) is 24.3 Å². The molecule has 1 saturated carbocycles. The Kier molecular flexibility index (Phi) is 2.73. The van der Waals surface area contributed by atoms with Gasteiger partial charge in [0.05, 0.1) is 6.42 Å². The Bertz CT molecular complexity index is 376. The van der Waals surface area contributed by atoms with E-state index in [-0.39, 0.29) is 18.0 Å². The van der Waals surface area contributed by atoms with Gasteiger partial charge in [-0.1, -0.05) is 29.8 Å². The summed E-state index contributed by atoms with van der Waals surface area (Å²) in [4.78, 5) is 11.6. The van der Waals surface area contributed by atoms with Crippen LogP contribution in [0.1, 0.15) is 17.5 Å². The van der Waals surface area contributed by atoms with Crippen LogP contribution in [-0.2, 0) is 11.2 Å². The molecule has 0 bridgehead atoms. The highest BCUT2D eigenvalue weighted by Gasteiger charge is 2.34. The van der Waals surface area contributed by atoms with Crippen LogP contribution >= 0.6 is 0 Å². The lowest BCUT2D eigenvalue weighted by atomic mass is 10.1. The fourth-order valence-electron chi connectivity index (χ4n) is 1.65. The van der Waals surface area contributed by atoms with Gasteiger partial charge in [-0.3, -0.25) is 4.79 Å². The Labute approximate surface area is 89.7 Å². The van der Waals surface area contributed by atoms with E-state index in [2.05, 4.69) is 5.32 Å². The number of carbonyl (C=O) groups is 1. The van der Waals surface area contributed by atoms with E-state index < -0.39 is 0 Å². The molecule has 1 fully saturated rings. The zero-order chi connectivity index (χ0) is 10.8. The zero-order valence-corrected chi connectivity index (χ0v) is 8.86. The molecule has 0 heterocycles. The van der Waals surface area contributed by atoms with Crippen LogP contribution in [0.3, 0.4) is 0 Å². The minimum atomic E-state index is 0.0681. The molecule has 0 spiro atoms. The van der Waals surface area contributed by atoms with Gasteiger partial charge >= 0.3 is 0 Å². The van der Waals surface area contributed by atoms with Crippen molar-refractivity contribution in [2.45, 2.75) is 31.8 Å². The van der Waals surface area contributed by atoms with Crippen molar-refractivity contribution in [3.63, 3.8) is 0 Å². The van der Waals surface area contributed by atoms with Gasteiger partial charge in [0.15, 0.2) is 0 Å². The van der Waals surface area contributed by atoms with Gasteiger partial charge < -0.3 is 11.1 Å². The molecule has 1 aliphatic carbocycles. The van der Waals surface area contributed by atoms with Gasteiger partial charge in [0.1, 0.15) is 0 Å². The van der Waals surface area contributed by atoms with E-state index in [4.69, 9.17) is 5.73 Å². The molecule has 0 aromatic heterocycles. The number of nitrogens with one attached hydrogen (secondary N) is 1. The quantitative estimate of drug-likeness (QED) is 0.763. The third-order valence-electron chi connectivity index (χ3n) is 2.63. The molecule has 3 nitrogen and oxygen atoms in total. The van der Waals surface area contributed by atoms with Crippen molar-refractivity contribution in [3.05, 3.63) is 35.4 Å². The number of benzene rings is 1. The van der Waals surface area contributed by atoms with Crippen LogP contribution in [0.25, 0.3) is 0 Å². The summed E-state index contributed by atoms with van der Waals surface area (Å²) in [5, 5.41) is 2.91. The van der Waals surface area contributed by atoms with E-state index in [0.29, 0.717) is 6.42 Å². The molecular formula is C12H16N2O. The zero-order valence-electron chi connectivity index (χ0n) is 8.86. The SMILES string of the molecule is Cc1cccc(CC(=O)NC2CC2N)c1. The molecule has 3 heteroatoms. The van der Waals surface area contributed by atoms with Crippen LogP contribution in [0.4, 0.5) is 0 Å². The number of carbonyl (C=O) groups excluding carboxylic acids is 1. The highest BCUT2D eigenvalue weighted by molar-refractivity contribution is 5.79. The maximum atomic E-state index is 11.6. The highest BCUT2D eigenvalue weighted by Crippen LogP contribution is 2.17. The van der Waals surface area contributed by atoms with Gasteiger partial charge in [0, 0.05) is 12.1 Å². The normalized spacial score (nSPS) is 23.6. The molecule has 2 rings (SSSR count). The molecule has 1 aliphatic rings. The fraction of sp³-hybridized carbons (Fsp3) is 0.417. The van der Waals surface area contributed by atoms with Crippen molar-refractivity contribution < 1.29 is 4.79 Å². The molecule has 0 aliphatic heterocycles. The van der Waals surface area contributed by atoms with Crippen LogP contribution in [0.5, 0.6) is 0 Å². The molecule has 15 heavy (non-hydrogen) atoms. The van der Waals surface area contributed by atoms with Gasteiger partial charge in [-0.15, -0.1) is 0 Å². The highest BCUT2D eigenvalue weighted by atomic mass is 16.1. The minimum Gasteiger partial charge on any atom is -0.351 e. The second-order valence-corrected chi connectivity index (χ2v) is 4.24. The molecule has 2 unspecified atom stereocenters. The Morgan fingerprint density at radius 1 is 1.60 bits per heavy atom. The molecular weight excluding hydrogens is 188 g/mol. The Balaban J connectivity index is 1.88. The monoisotopic (exact) mass is 204 g/mol. The Morgan fingerprint density at radius 2 is 2.33 bits per heavy atom. The van der Waals surface area contributed by atoms with E-state index in [0.717, 1.165) is 12.0 Å². The van der Waals surface area contributed by atoms with Crippen molar-refractivity contribution in [2.75, 3.05) is 0 Å². The van der Waals surface area contributed by atoms with Crippen molar-refractivity contribution in [3.8, 4) is 0 Å². The van der Waals surface area contributed by atoms with Crippen LogP contribution in [-0.4, -0.2) is 18.0 Å². The molecule has 80 valence electrons. The summed E-state index contributed by atoms with van der Waals surface area (Å²) in [6.45, 7) is 2.03. The van der Waals surface area contributed by atoms with Crippen molar-refractivity contribution in [1.82, 2.24) is 5.32 Å². The van der Waals surface area contributed by atoms with Gasteiger partial charge in [-0.25, -0.2) is 0 Å². The van der Waals surface area contributed by atoms with Crippen molar-refractivity contribution in [2.24, 2.45) is 5.73 Å². The van der Waals surface area contributed by atoms with E-state index in [1.807, 2.05) is 31.2 Å². The first-order chi connectivity index (χ1) is 7.15. The molecule has 0 radical (unpaired) electrons. The first kappa shape index (κ1) is 10.2. The van der Waals surface area contributed by atoms with E-state index in [1.165, 1.54) is 5.56 Å². The topological polar surface area (TPSA) is 55.1 Å². The minimum absolute atomic E-state index is 0.0681. The lowest BCUT2D eigenvalue weighted by Crippen LogP contribution is -2.30. The average Bonchev–Trinajstić information content (AvgIpc) is 2.81. The maximum Gasteiger partial charge on any atom is 0.224 e. The predicted molar refractivity (Wildman–Crippen MR) is 59.4 cm³/mol. The lowest BCUT2D eigenvalue weighted by molar-refractivity contribution is -0.120. The van der Waals surface area contributed by atoms with Crippen molar-refractivity contribution >= 4 is 5.91 Å². The lowest BCUT2D eigenvalue weighted by Gasteiger charge is -2.04. The van der Waals surface area contributed by atoms with Gasteiger partial charge in [-0.05, 0) is 18.9 Å². The largest absolute Gasteiger partial charge is 0.351 e. The summed E-state index contributed by atoms with van der Waals surface area (Å²) in [5.74, 6) is 0.0681. The smallest absolute Gasteiger partial charge is 0.224 e. The third kappa shape index (κ3) is 2.80. The molecule has 2 atom stereocenters. The van der Waals surface area contributed by atoms with Gasteiger partial charge in [0.25, 0.3) is 0 Å². The maximum absolute atomic E-state index is 11.6. The summed E-state index contributed by atoms with van der Waals surface area (Å²) in [6.07, 6.45) is 1.37. The summed E-state index contributed by atoms with van der Waals surface area (Å²) >= 11 is 0. The Morgan fingerprint density at radius 3 is 2.93 bits per heavy atom. The molecule has 1 amide bonds. The average molecular weight is 204 g/mol. The first-order valence-corrected chi connectivity index (χ1v) is 5.25. The van der Waals surface area contributed by atoms with Crippen LogP contribution in [0.2, 0.25) is 0 Å². The number of rotatable bonds is 3. The fourth-order valence-corrected chi connectivity index (χ4v) is 1.65. The second kappa shape index (κ2) is 4.03. The number of amides is 1. The van der Waals surface area contributed by atoms with Crippen LogP contribution in [0, 0.1) is 6.92 Å². The summed E-state index contributed by atoms with van der Waals surface area (Å²) in [7, 11) is 0. The van der Waals surface area contributed by atoms with Crippen LogP contribution < -0.4 is 11.1 Å². The number of hydrogen-bond donors (Lipinski definition) is 2. The summed E-state index contributed by atoms with van der Waals surface area (Å²) < 4.78 is 0. The number of nitrogens with two attached hydrogens (primary N) is 1. The standard InChI is InChI=1S/C12H16N2O/c1-8-3-2-4-9(5-8)6-12(15)14-11-7-10(11)13/h2-5,10-11H,6-7,13H2,1H3,(H,14,15). The summed E-state index contributed by atoms with van der Waals surface area (Å²) in [5.41, 5.74) is 7.86. The number of aryl methyl sites for hydroxylation is 1. The second-order valence-electron chi connectivity index (χ2n) is 4.24. The predicted octanol–water partition coefficient (Wildman–Crippen LogP) is 0.753. The van der Waals surface area contributed by atoms with E-state index in [1.54, 1.807) is 0 Å². The molecule has 1 aromatic rings. The molecule has 0 saturated heterocycles. The third-order valence-corrected chi connectivity index (χ3v) is 2.63. The van der Waals surface area contributed by atoms with Gasteiger partial charge in [-0.2, -0.15) is 0 Å². The van der Waals surface area contributed by atoms with E-state index >= 15 is 0 Å².